The fourth-order valence-electron chi connectivity index (χ4n) is 3.42. The molecular weight excluding hydrogens is 516 g/mol. The molecule has 2 heterocycles. The van der Waals surface area contributed by atoms with E-state index in [0.29, 0.717) is 6.20 Å². The van der Waals surface area contributed by atoms with Crippen LogP contribution in [0.4, 0.5) is 4.39 Å². The lowest BCUT2D eigenvalue weighted by molar-refractivity contribution is -0.152. The maximum absolute atomic E-state index is 13.8. The van der Waals surface area contributed by atoms with Gasteiger partial charge in [-0.15, -0.1) is 0 Å². The number of hydrogen-bond donors (Lipinski definition) is 2. The molecule has 0 bridgehead atoms. The van der Waals surface area contributed by atoms with Crippen LogP contribution in [0.3, 0.4) is 0 Å². The molecule has 204 valence electrons. The number of benzene rings is 1. The number of ether oxygens (including phenoxy) is 4. The number of aromatic amines is 1. The number of nitrogens with one attached hydrogen (secondary N) is 2. The molecular formula is C22H29FN3O10P. The highest BCUT2D eigenvalue weighted by molar-refractivity contribution is 7.52. The van der Waals surface area contributed by atoms with Crippen LogP contribution in [-0.2, 0) is 32.8 Å². The van der Waals surface area contributed by atoms with Gasteiger partial charge >= 0.3 is 19.4 Å². The molecule has 1 aromatic carbocycles. The average Bonchev–Trinajstić information content (AvgIpc) is 3.28. The molecule has 1 aromatic heterocycles. The number of para-hydroxylation sites is 1. The maximum Gasteiger partial charge on any atom is 0.458 e. The van der Waals surface area contributed by atoms with Crippen molar-refractivity contribution in [1.29, 1.82) is 0 Å². The SMILES string of the molecule is CCC(=O)OC1CC(n2cc(F)c(=O)[nH]c2=O)OC1COP(=O)(NCC(OC)OC)Oc1ccccc1. The molecule has 0 amide bonds. The van der Waals surface area contributed by atoms with Crippen molar-refractivity contribution in [3.63, 3.8) is 0 Å². The number of rotatable bonds is 13. The van der Waals surface area contributed by atoms with Gasteiger partial charge in [0.1, 0.15) is 24.2 Å². The average molecular weight is 545 g/mol. The third-order valence-electron chi connectivity index (χ3n) is 5.34. The number of aromatic nitrogens is 2. The van der Waals surface area contributed by atoms with Crippen molar-refractivity contribution in [1.82, 2.24) is 14.6 Å². The topological polar surface area (TPSA) is 156 Å². The summed E-state index contributed by atoms with van der Waals surface area (Å²) in [4.78, 5) is 37.5. The summed E-state index contributed by atoms with van der Waals surface area (Å²) in [6, 6.07) is 8.26. The standard InChI is InChI=1S/C22H29FN3O10P/c1-4-19(27)35-16-10-18(26-12-15(23)21(28)25-22(26)29)34-17(16)13-33-37(30,24-11-20(31-2)32-3)36-14-8-6-5-7-9-14/h5-9,12,16-18,20H,4,10-11,13H2,1-3H3,(H,24,30)(H,25,28,29). The lowest BCUT2D eigenvalue weighted by Crippen LogP contribution is -2.34. The van der Waals surface area contributed by atoms with Gasteiger partial charge in [0.25, 0.3) is 5.56 Å². The Hall–Kier alpha value is -2.87. The minimum atomic E-state index is -4.06. The first-order chi connectivity index (χ1) is 17.7. The minimum absolute atomic E-state index is 0.0577. The van der Waals surface area contributed by atoms with Crippen LogP contribution in [-0.4, -0.2) is 61.4 Å². The van der Waals surface area contributed by atoms with Crippen LogP contribution < -0.4 is 20.9 Å². The van der Waals surface area contributed by atoms with Gasteiger partial charge in [0, 0.05) is 27.1 Å². The number of H-pyrrole nitrogens is 1. The van der Waals surface area contributed by atoms with Crippen molar-refractivity contribution in [2.45, 2.75) is 44.5 Å². The van der Waals surface area contributed by atoms with Crippen molar-refractivity contribution in [2.75, 3.05) is 27.4 Å². The van der Waals surface area contributed by atoms with E-state index in [4.69, 9.17) is 28.0 Å². The molecule has 13 nitrogen and oxygen atoms in total. The molecule has 0 spiro atoms. The molecule has 0 radical (unpaired) electrons. The predicted molar refractivity (Wildman–Crippen MR) is 126 cm³/mol. The monoisotopic (exact) mass is 545 g/mol. The molecule has 2 aromatic rings. The number of hydrogen-bond acceptors (Lipinski definition) is 10. The highest BCUT2D eigenvalue weighted by Crippen LogP contribution is 2.45. The summed E-state index contributed by atoms with van der Waals surface area (Å²) in [7, 11) is -1.26. The van der Waals surface area contributed by atoms with E-state index in [9.17, 15) is 23.3 Å². The van der Waals surface area contributed by atoms with Crippen molar-refractivity contribution in [3.05, 3.63) is 63.2 Å². The molecule has 0 aliphatic carbocycles. The second-order valence-electron chi connectivity index (χ2n) is 7.85. The van der Waals surface area contributed by atoms with E-state index in [1.54, 1.807) is 37.3 Å². The summed E-state index contributed by atoms with van der Waals surface area (Å²) in [5.74, 6) is -1.50. The second kappa shape index (κ2) is 13.1. The summed E-state index contributed by atoms with van der Waals surface area (Å²) in [6.45, 7) is 1.13. The van der Waals surface area contributed by atoms with E-state index in [1.807, 2.05) is 4.98 Å². The minimum Gasteiger partial charge on any atom is -0.459 e. The van der Waals surface area contributed by atoms with Gasteiger partial charge < -0.3 is 23.5 Å². The second-order valence-corrected chi connectivity index (χ2v) is 9.60. The van der Waals surface area contributed by atoms with Gasteiger partial charge in [-0.25, -0.2) is 14.4 Å². The Labute approximate surface area is 211 Å². The summed E-state index contributed by atoms with van der Waals surface area (Å²) >= 11 is 0. The number of carbonyl (C=O) groups is 1. The molecule has 0 saturated carbocycles. The van der Waals surface area contributed by atoms with Gasteiger partial charge in [0.15, 0.2) is 6.29 Å². The number of carbonyl (C=O) groups excluding carboxylic acids is 1. The summed E-state index contributed by atoms with van der Waals surface area (Å²) in [5.41, 5.74) is -2.09. The van der Waals surface area contributed by atoms with Crippen molar-refractivity contribution in [2.24, 2.45) is 0 Å². The Morgan fingerprint density at radius 3 is 2.62 bits per heavy atom. The fourth-order valence-corrected chi connectivity index (χ4v) is 4.74. The van der Waals surface area contributed by atoms with E-state index >= 15 is 0 Å². The first kappa shape index (κ1) is 28.7. The van der Waals surface area contributed by atoms with Crippen molar-refractivity contribution in [3.8, 4) is 5.75 Å². The van der Waals surface area contributed by atoms with Crippen LogP contribution in [0.1, 0.15) is 26.0 Å². The van der Waals surface area contributed by atoms with E-state index < -0.39 is 62.1 Å². The lowest BCUT2D eigenvalue weighted by atomic mass is 10.2. The number of esters is 1. The molecule has 1 aliphatic rings. The molecule has 15 heteroatoms. The Kier molecular flexibility index (Phi) is 10.1. The zero-order valence-corrected chi connectivity index (χ0v) is 21.4. The van der Waals surface area contributed by atoms with Crippen molar-refractivity contribution >= 4 is 13.7 Å². The molecule has 1 aliphatic heterocycles. The Bertz CT molecular complexity index is 1200. The third kappa shape index (κ3) is 7.81. The zero-order chi connectivity index (χ0) is 27.0. The van der Waals surface area contributed by atoms with Crippen LogP contribution in [0, 0.1) is 5.82 Å². The smallest absolute Gasteiger partial charge is 0.458 e. The summed E-state index contributed by atoms with van der Waals surface area (Å²) in [5, 5.41) is 2.66. The first-order valence-electron chi connectivity index (χ1n) is 11.3. The normalized spacial score (nSPS) is 21.1. The van der Waals surface area contributed by atoms with E-state index in [1.165, 1.54) is 14.2 Å². The van der Waals surface area contributed by atoms with Crippen LogP contribution in [0.5, 0.6) is 5.75 Å². The van der Waals surface area contributed by atoms with E-state index in [2.05, 4.69) is 5.09 Å². The highest BCUT2D eigenvalue weighted by atomic mass is 31.2. The Balaban J connectivity index is 1.80. The molecule has 37 heavy (non-hydrogen) atoms. The first-order valence-corrected chi connectivity index (χ1v) is 12.9. The predicted octanol–water partition coefficient (Wildman–Crippen LogP) is 1.70. The van der Waals surface area contributed by atoms with Crippen LogP contribution in [0.25, 0.3) is 0 Å². The van der Waals surface area contributed by atoms with E-state index in [-0.39, 0.29) is 25.1 Å². The Morgan fingerprint density at radius 1 is 1.27 bits per heavy atom. The van der Waals surface area contributed by atoms with Gasteiger partial charge in [0.2, 0.25) is 5.82 Å². The third-order valence-corrected chi connectivity index (χ3v) is 6.85. The van der Waals surface area contributed by atoms with Crippen LogP contribution in [0.15, 0.2) is 46.1 Å². The van der Waals surface area contributed by atoms with Gasteiger partial charge in [-0.1, -0.05) is 25.1 Å². The molecule has 3 rings (SSSR count). The van der Waals surface area contributed by atoms with Gasteiger partial charge in [-0.3, -0.25) is 23.7 Å². The van der Waals surface area contributed by atoms with Gasteiger partial charge in [0.05, 0.1) is 19.3 Å². The van der Waals surface area contributed by atoms with Gasteiger partial charge in [-0.2, -0.15) is 4.39 Å². The summed E-state index contributed by atoms with van der Waals surface area (Å²) < 4.78 is 60.9. The van der Waals surface area contributed by atoms with E-state index in [0.717, 1.165) is 4.57 Å². The van der Waals surface area contributed by atoms with Crippen LogP contribution >= 0.6 is 7.75 Å². The Morgan fingerprint density at radius 2 is 1.97 bits per heavy atom. The quantitative estimate of drug-likeness (QED) is 0.215. The molecule has 2 N–H and O–H groups in total. The highest BCUT2D eigenvalue weighted by Gasteiger charge is 2.41. The number of halogens is 1. The molecule has 1 saturated heterocycles. The number of methoxy groups -OCH3 is 2. The molecule has 1 fully saturated rings. The zero-order valence-electron chi connectivity index (χ0n) is 20.5. The number of nitrogens with zero attached hydrogens (tertiary/aromatic N) is 1. The maximum atomic E-state index is 13.8. The van der Waals surface area contributed by atoms with Crippen LogP contribution in [0.2, 0.25) is 0 Å². The largest absolute Gasteiger partial charge is 0.459 e. The fraction of sp³-hybridized carbons (Fsp3) is 0.500. The van der Waals surface area contributed by atoms with Crippen molar-refractivity contribution < 1.29 is 41.7 Å². The lowest BCUT2D eigenvalue weighted by Gasteiger charge is -2.25. The summed E-state index contributed by atoms with van der Waals surface area (Å²) in [6.07, 6.45) is -3.10. The molecule has 4 atom stereocenters. The molecule has 4 unspecified atom stereocenters. The van der Waals surface area contributed by atoms with Gasteiger partial charge in [-0.05, 0) is 12.1 Å².